The Morgan fingerprint density at radius 3 is 2.45 bits per heavy atom. The average molecular weight is 319 g/mol. The number of hydrazine groups is 1. The predicted molar refractivity (Wildman–Crippen MR) is 76.4 cm³/mol. The lowest BCUT2D eigenvalue weighted by atomic mass is 10.2. The number of hydrogen-bond acceptors (Lipinski definition) is 4. The van der Waals surface area contributed by atoms with Gasteiger partial charge >= 0.3 is 0 Å². The molecule has 0 atom stereocenters. The zero-order valence-electron chi connectivity index (χ0n) is 10.3. The summed E-state index contributed by atoms with van der Waals surface area (Å²) in [6.45, 7) is 1.52. The summed E-state index contributed by atoms with van der Waals surface area (Å²) in [5.41, 5.74) is 2.21. The number of halogens is 4. The largest absolute Gasteiger partial charge is 0.334 e. The smallest absolute Gasteiger partial charge is 0.161 e. The zero-order chi connectivity index (χ0) is 14.9. The molecule has 106 valence electrons. The first-order valence-electron chi connectivity index (χ1n) is 5.48. The summed E-state index contributed by atoms with van der Waals surface area (Å²) in [5.74, 6) is 3.91. The summed E-state index contributed by atoms with van der Waals surface area (Å²) in [5, 5.41) is 2.80. The van der Waals surface area contributed by atoms with Gasteiger partial charge in [-0.2, -0.15) is 0 Å². The summed E-state index contributed by atoms with van der Waals surface area (Å²) in [6.07, 6.45) is 0. The zero-order valence-corrected chi connectivity index (χ0v) is 11.8. The van der Waals surface area contributed by atoms with Crippen molar-refractivity contribution in [3.8, 4) is 0 Å². The molecule has 1 heterocycles. The molecule has 0 radical (unpaired) electrons. The molecule has 0 aliphatic carbocycles. The number of anilines is 3. The molecule has 4 nitrogen and oxygen atoms in total. The van der Waals surface area contributed by atoms with Crippen LogP contribution >= 0.6 is 23.2 Å². The van der Waals surface area contributed by atoms with Crippen LogP contribution < -0.4 is 16.6 Å². The topological polar surface area (TPSA) is 63.0 Å². The first-order valence-corrected chi connectivity index (χ1v) is 6.24. The van der Waals surface area contributed by atoms with Crippen LogP contribution in [-0.2, 0) is 0 Å². The lowest BCUT2D eigenvalue weighted by Gasteiger charge is -2.12. The molecule has 0 amide bonds. The first kappa shape index (κ1) is 14.8. The number of aryl methyl sites for hydroxylation is 1. The van der Waals surface area contributed by atoms with Crippen LogP contribution in [0.2, 0.25) is 10.0 Å². The van der Waals surface area contributed by atoms with Gasteiger partial charge in [0.1, 0.15) is 11.5 Å². The van der Waals surface area contributed by atoms with Gasteiger partial charge in [-0.25, -0.2) is 19.6 Å². The van der Waals surface area contributed by atoms with Crippen LogP contribution in [-0.4, -0.2) is 4.98 Å². The molecule has 2 aromatic rings. The van der Waals surface area contributed by atoms with Crippen molar-refractivity contribution in [1.29, 1.82) is 0 Å². The molecule has 1 aromatic heterocycles. The molecule has 4 N–H and O–H groups in total. The highest BCUT2D eigenvalue weighted by Crippen LogP contribution is 2.32. The van der Waals surface area contributed by atoms with Crippen LogP contribution in [0.3, 0.4) is 0 Å². The molecular weight excluding hydrogens is 309 g/mol. The molecule has 0 aliphatic heterocycles. The minimum absolute atomic E-state index is 0.0346. The van der Waals surface area contributed by atoms with Gasteiger partial charge in [-0.15, -0.1) is 0 Å². The molecular formula is C12H10Cl2F2N4. The van der Waals surface area contributed by atoms with E-state index in [1.54, 1.807) is 0 Å². The lowest BCUT2D eigenvalue weighted by molar-refractivity contribution is 0.585. The molecule has 1 aromatic carbocycles. The molecule has 2 rings (SSSR count). The van der Waals surface area contributed by atoms with E-state index in [4.69, 9.17) is 29.0 Å². The van der Waals surface area contributed by atoms with E-state index in [1.165, 1.54) is 19.1 Å². The number of nitrogens with zero attached hydrogens (tertiary/aromatic N) is 1. The third-order valence-electron chi connectivity index (χ3n) is 2.59. The molecule has 0 saturated carbocycles. The highest BCUT2D eigenvalue weighted by Gasteiger charge is 2.15. The Bertz CT molecular complexity index is 664. The van der Waals surface area contributed by atoms with Crippen molar-refractivity contribution in [2.24, 2.45) is 5.84 Å². The molecule has 0 saturated heterocycles. The highest BCUT2D eigenvalue weighted by molar-refractivity contribution is 6.37. The van der Waals surface area contributed by atoms with Gasteiger partial charge in [-0.1, -0.05) is 29.3 Å². The van der Waals surface area contributed by atoms with Gasteiger partial charge in [0.15, 0.2) is 17.5 Å². The number of aromatic nitrogens is 1. The van der Waals surface area contributed by atoms with E-state index in [-0.39, 0.29) is 32.9 Å². The third kappa shape index (κ3) is 2.77. The van der Waals surface area contributed by atoms with Crippen LogP contribution in [0, 0.1) is 18.6 Å². The van der Waals surface area contributed by atoms with Crippen LogP contribution in [0.25, 0.3) is 0 Å². The summed E-state index contributed by atoms with van der Waals surface area (Å²) in [6, 6.07) is 3.84. The van der Waals surface area contributed by atoms with Crippen LogP contribution in [0.15, 0.2) is 18.2 Å². The second kappa shape index (κ2) is 5.78. The number of nitrogens with one attached hydrogen (secondary N) is 2. The monoisotopic (exact) mass is 318 g/mol. The van der Waals surface area contributed by atoms with Gasteiger partial charge < -0.3 is 10.7 Å². The maximum Gasteiger partial charge on any atom is 0.161 e. The standard InChI is InChI=1S/C12H10Cl2F2N4/c1-5-2-3-8(15)10(9(5)16)18-11-6(13)4-7(14)12(19-11)20-17/h2-4H,17H2,1H3,(H2,18,19,20). The Hall–Kier alpha value is -1.63. The molecule has 8 heteroatoms. The Morgan fingerprint density at radius 2 is 1.80 bits per heavy atom. The van der Waals surface area contributed by atoms with Crippen molar-refractivity contribution in [2.75, 3.05) is 10.7 Å². The number of benzene rings is 1. The quantitative estimate of drug-likeness (QED) is 0.591. The van der Waals surface area contributed by atoms with Crippen LogP contribution in [0.1, 0.15) is 5.56 Å². The molecule has 0 spiro atoms. The number of hydrogen-bond donors (Lipinski definition) is 3. The normalized spacial score (nSPS) is 10.5. The summed E-state index contributed by atoms with van der Waals surface area (Å²) in [4.78, 5) is 3.95. The van der Waals surface area contributed by atoms with E-state index >= 15 is 0 Å². The van der Waals surface area contributed by atoms with E-state index in [0.29, 0.717) is 0 Å². The van der Waals surface area contributed by atoms with E-state index in [0.717, 1.165) is 6.07 Å². The molecule has 0 fully saturated rings. The van der Waals surface area contributed by atoms with E-state index in [1.807, 2.05) is 0 Å². The van der Waals surface area contributed by atoms with Crippen LogP contribution in [0.4, 0.5) is 26.1 Å². The van der Waals surface area contributed by atoms with E-state index in [9.17, 15) is 8.78 Å². The summed E-state index contributed by atoms with van der Waals surface area (Å²) in [7, 11) is 0. The molecule has 20 heavy (non-hydrogen) atoms. The number of rotatable bonds is 3. The van der Waals surface area contributed by atoms with Gasteiger partial charge in [0.05, 0.1) is 10.0 Å². The second-order valence-electron chi connectivity index (χ2n) is 3.97. The Balaban J connectivity index is 2.48. The minimum Gasteiger partial charge on any atom is -0.334 e. The highest BCUT2D eigenvalue weighted by atomic mass is 35.5. The van der Waals surface area contributed by atoms with Gasteiger partial charge in [0, 0.05) is 0 Å². The molecule has 0 bridgehead atoms. The maximum absolute atomic E-state index is 13.9. The van der Waals surface area contributed by atoms with Gasteiger partial charge in [0.25, 0.3) is 0 Å². The predicted octanol–water partition coefficient (Wildman–Crippen LogP) is 4.00. The van der Waals surface area contributed by atoms with E-state index < -0.39 is 11.6 Å². The van der Waals surface area contributed by atoms with Crippen molar-refractivity contribution in [2.45, 2.75) is 6.92 Å². The fraction of sp³-hybridized carbons (Fsp3) is 0.0833. The second-order valence-corrected chi connectivity index (χ2v) is 4.79. The first-order chi connectivity index (χ1) is 9.43. The lowest BCUT2D eigenvalue weighted by Crippen LogP contribution is -2.10. The Morgan fingerprint density at radius 1 is 1.15 bits per heavy atom. The van der Waals surface area contributed by atoms with Gasteiger partial charge in [0.2, 0.25) is 0 Å². The number of nitrogens with two attached hydrogens (primary N) is 1. The van der Waals surface area contributed by atoms with Gasteiger partial charge in [-0.05, 0) is 24.6 Å². The van der Waals surface area contributed by atoms with Gasteiger partial charge in [-0.3, -0.25) is 0 Å². The van der Waals surface area contributed by atoms with Crippen molar-refractivity contribution in [1.82, 2.24) is 4.98 Å². The fourth-order valence-corrected chi connectivity index (χ4v) is 2.01. The fourth-order valence-electron chi connectivity index (χ4n) is 1.55. The number of pyridine rings is 1. The average Bonchev–Trinajstić information content (AvgIpc) is 2.41. The molecule has 0 aliphatic rings. The minimum atomic E-state index is -0.761. The summed E-state index contributed by atoms with van der Waals surface area (Å²) >= 11 is 11.8. The molecule has 0 unspecified atom stereocenters. The third-order valence-corrected chi connectivity index (χ3v) is 3.17. The SMILES string of the molecule is Cc1ccc(F)c(Nc2nc(NN)c(Cl)cc2Cl)c1F. The van der Waals surface area contributed by atoms with Crippen LogP contribution in [0.5, 0.6) is 0 Å². The van der Waals surface area contributed by atoms with Crippen molar-refractivity contribution in [3.63, 3.8) is 0 Å². The Kier molecular flexibility index (Phi) is 4.27. The maximum atomic E-state index is 13.9. The van der Waals surface area contributed by atoms with Crippen molar-refractivity contribution < 1.29 is 8.78 Å². The Labute approximate surface area is 123 Å². The van der Waals surface area contributed by atoms with E-state index in [2.05, 4.69) is 15.7 Å². The number of nitrogen functional groups attached to an aromatic ring is 1. The van der Waals surface area contributed by atoms with Crippen molar-refractivity contribution in [3.05, 3.63) is 45.4 Å². The van der Waals surface area contributed by atoms with Crippen molar-refractivity contribution >= 4 is 40.5 Å². The summed E-state index contributed by atoms with van der Waals surface area (Å²) < 4.78 is 27.6.